The number of thiocarbonyl (C=S) groups is 1. The van der Waals surface area contributed by atoms with Crippen molar-refractivity contribution < 1.29 is 13.9 Å². The first-order chi connectivity index (χ1) is 14.1. The molecule has 148 valence electrons. The maximum atomic E-state index is 13.1. The second-order valence-electron chi connectivity index (χ2n) is 5.96. The maximum absolute atomic E-state index is 13.1. The standard InChI is InChI=1S/C22H20FN3O2S/c1-27-19-11-7-16(8-12-19)21(15-28-20-13-9-17(23)10-14-20)25-26-22(29)24-18-5-3-2-4-6-18/h2-14H,15H2,1H3,(H2,24,26,29). The SMILES string of the molecule is COc1ccc(C(COc2ccc(F)cc2)=NNC(=S)Nc2ccccc2)cc1. The van der Waals surface area contributed by atoms with Crippen LogP contribution in [0.25, 0.3) is 0 Å². The molecule has 0 heterocycles. The Labute approximate surface area is 174 Å². The lowest BCUT2D eigenvalue weighted by molar-refractivity contribution is 0.375. The molecule has 3 aromatic carbocycles. The number of hydrogen-bond acceptors (Lipinski definition) is 4. The van der Waals surface area contributed by atoms with Crippen molar-refractivity contribution in [3.8, 4) is 11.5 Å². The molecule has 0 atom stereocenters. The molecule has 0 aromatic heterocycles. The fraction of sp³-hybridized carbons (Fsp3) is 0.0909. The Kier molecular flexibility index (Phi) is 7.13. The highest BCUT2D eigenvalue weighted by molar-refractivity contribution is 7.80. The van der Waals surface area contributed by atoms with Crippen molar-refractivity contribution in [2.45, 2.75) is 0 Å². The van der Waals surface area contributed by atoms with E-state index < -0.39 is 0 Å². The molecule has 3 aromatic rings. The number of methoxy groups -OCH3 is 1. The van der Waals surface area contributed by atoms with E-state index in [1.54, 1.807) is 19.2 Å². The summed E-state index contributed by atoms with van der Waals surface area (Å²) in [6.07, 6.45) is 0. The number of anilines is 1. The van der Waals surface area contributed by atoms with Gasteiger partial charge in [-0.05, 0) is 72.9 Å². The van der Waals surface area contributed by atoms with E-state index in [1.165, 1.54) is 12.1 Å². The van der Waals surface area contributed by atoms with Gasteiger partial charge >= 0.3 is 0 Å². The van der Waals surface area contributed by atoms with E-state index in [4.69, 9.17) is 21.7 Å². The fourth-order valence-electron chi connectivity index (χ4n) is 2.44. The molecule has 3 rings (SSSR count). The summed E-state index contributed by atoms with van der Waals surface area (Å²) in [5, 5.41) is 7.81. The molecule has 0 radical (unpaired) electrons. The second-order valence-corrected chi connectivity index (χ2v) is 6.37. The molecule has 0 bridgehead atoms. The van der Waals surface area contributed by atoms with Gasteiger partial charge in [0.1, 0.15) is 29.6 Å². The van der Waals surface area contributed by atoms with Gasteiger partial charge in [0.25, 0.3) is 0 Å². The molecular formula is C22H20FN3O2S. The summed E-state index contributed by atoms with van der Waals surface area (Å²) < 4.78 is 24.0. The van der Waals surface area contributed by atoms with Gasteiger partial charge in [0.05, 0.1) is 7.11 Å². The smallest absolute Gasteiger partial charge is 0.191 e. The van der Waals surface area contributed by atoms with Gasteiger partial charge < -0.3 is 14.8 Å². The largest absolute Gasteiger partial charge is 0.497 e. The number of para-hydroxylation sites is 1. The number of benzene rings is 3. The van der Waals surface area contributed by atoms with E-state index in [-0.39, 0.29) is 12.4 Å². The van der Waals surface area contributed by atoms with Gasteiger partial charge in [-0.25, -0.2) is 4.39 Å². The highest BCUT2D eigenvalue weighted by atomic mass is 32.1. The van der Waals surface area contributed by atoms with Crippen LogP contribution >= 0.6 is 12.2 Å². The molecule has 0 aliphatic rings. The van der Waals surface area contributed by atoms with Crippen LogP contribution in [0.5, 0.6) is 11.5 Å². The Morgan fingerprint density at radius 1 is 0.931 bits per heavy atom. The highest BCUT2D eigenvalue weighted by Crippen LogP contribution is 2.15. The second kappa shape index (κ2) is 10.2. The predicted octanol–water partition coefficient (Wildman–Crippen LogP) is 4.60. The number of hydrogen-bond donors (Lipinski definition) is 2. The van der Waals surface area contributed by atoms with E-state index in [0.29, 0.717) is 16.6 Å². The lowest BCUT2D eigenvalue weighted by atomic mass is 10.1. The molecule has 29 heavy (non-hydrogen) atoms. The molecule has 0 aliphatic heterocycles. The van der Waals surface area contributed by atoms with Crippen LogP contribution in [0.2, 0.25) is 0 Å². The number of nitrogens with zero attached hydrogens (tertiary/aromatic N) is 1. The molecule has 0 saturated heterocycles. The quantitative estimate of drug-likeness (QED) is 0.339. The van der Waals surface area contributed by atoms with Gasteiger partial charge in [0.15, 0.2) is 5.11 Å². The number of nitrogens with one attached hydrogen (secondary N) is 2. The average molecular weight is 409 g/mol. The Balaban J connectivity index is 1.72. The zero-order chi connectivity index (χ0) is 20.5. The van der Waals surface area contributed by atoms with Gasteiger partial charge in [0, 0.05) is 11.3 Å². The summed E-state index contributed by atoms with van der Waals surface area (Å²) in [5.41, 5.74) is 5.15. The van der Waals surface area contributed by atoms with Crippen molar-refractivity contribution in [1.29, 1.82) is 0 Å². The lowest BCUT2D eigenvalue weighted by Gasteiger charge is -2.12. The number of hydrazone groups is 1. The third kappa shape index (κ3) is 6.29. The van der Waals surface area contributed by atoms with E-state index in [1.807, 2.05) is 54.6 Å². The van der Waals surface area contributed by atoms with Crippen LogP contribution in [0.4, 0.5) is 10.1 Å². The Hall–Kier alpha value is -3.45. The van der Waals surface area contributed by atoms with E-state index in [0.717, 1.165) is 17.0 Å². The summed E-state index contributed by atoms with van der Waals surface area (Å²) in [6, 6.07) is 22.8. The summed E-state index contributed by atoms with van der Waals surface area (Å²) in [4.78, 5) is 0. The van der Waals surface area contributed by atoms with Crippen molar-refractivity contribution in [3.63, 3.8) is 0 Å². The van der Waals surface area contributed by atoms with Gasteiger partial charge in [-0.2, -0.15) is 5.10 Å². The first-order valence-electron chi connectivity index (χ1n) is 8.85. The van der Waals surface area contributed by atoms with Crippen LogP contribution < -0.4 is 20.2 Å². The monoisotopic (exact) mass is 409 g/mol. The minimum absolute atomic E-state index is 0.166. The Bertz CT molecular complexity index is 962. The first-order valence-corrected chi connectivity index (χ1v) is 9.26. The van der Waals surface area contributed by atoms with Crippen molar-refractivity contribution in [2.75, 3.05) is 19.0 Å². The molecule has 7 heteroatoms. The molecular weight excluding hydrogens is 389 g/mol. The van der Waals surface area contributed by atoms with Crippen LogP contribution in [0.1, 0.15) is 5.56 Å². The Morgan fingerprint density at radius 2 is 1.59 bits per heavy atom. The molecule has 0 saturated carbocycles. The van der Waals surface area contributed by atoms with Crippen molar-refractivity contribution in [2.24, 2.45) is 5.10 Å². The van der Waals surface area contributed by atoms with Crippen LogP contribution in [0.3, 0.4) is 0 Å². The lowest BCUT2D eigenvalue weighted by Crippen LogP contribution is -2.27. The third-order valence-corrected chi connectivity index (χ3v) is 4.13. The average Bonchev–Trinajstić information content (AvgIpc) is 2.76. The number of halogens is 1. The Morgan fingerprint density at radius 3 is 2.24 bits per heavy atom. The first kappa shape index (κ1) is 20.3. The number of ether oxygens (including phenoxy) is 2. The minimum atomic E-state index is -0.319. The zero-order valence-corrected chi connectivity index (χ0v) is 16.6. The van der Waals surface area contributed by atoms with Crippen molar-refractivity contribution in [3.05, 3.63) is 90.2 Å². The zero-order valence-electron chi connectivity index (χ0n) is 15.8. The molecule has 2 N–H and O–H groups in total. The molecule has 0 aliphatic carbocycles. The van der Waals surface area contributed by atoms with E-state index >= 15 is 0 Å². The van der Waals surface area contributed by atoms with Crippen molar-refractivity contribution in [1.82, 2.24) is 5.43 Å². The van der Waals surface area contributed by atoms with E-state index in [9.17, 15) is 4.39 Å². The molecule has 0 amide bonds. The molecule has 0 unspecified atom stereocenters. The van der Waals surface area contributed by atoms with Crippen LogP contribution in [0, 0.1) is 5.82 Å². The predicted molar refractivity (Wildman–Crippen MR) is 117 cm³/mol. The van der Waals surface area contributed by atoms with Crippen LogP contribution in [-0.2, 0) is 0 Å². The summed E-state index contributed by atoms with van der Waals surface area (Å²) >= 11 is 5.30. The molecule has 0 spiro atoms. The van der Waals surface area contributed by atoms with Gasteiger partial charge in [-0.1, -0.05) is 18.2 Å². The van der Waals surface area contributed by atoms with Crippen LogP contribution in [-0.4, -0.2) is 24.5 Å². The van der Waals surface area contributed by atoms with Crippen LogP contribution in [0.15, 0.2) is 84.0 Å². The molecule has 0 fully saturated rings. The van der Waals surface area contributed by atoms with Gasteiger partial charge in [-0.15, -0.1) is 0 Å². The maximum Gasteiger partial charge on any atom is 0.191 e. The highest BCUT2D eigenvalue weighted by Gasteiger charge is 2.07. The third-order valence-electron chi connectivity index (χ3n) is 3.94. The summed E-state index contributed by atoms with van der Waals surface area (Å²) in [5.74, 6) is 0.958. The minimum Gasteiger partial charge on any atom is -0.497 e. The normalized spacial score (nSPS) is 10.9. The van der Waals surface area contributed by atoms with Gasteiger partial charge in [-0.3, -0.25) is 5.43 Å². The van der Waals surface area contributed by atoms with E-state index in [2.05, 4.69) is 15.8 Å². The summed E-state index contributed by atoms with van der Waals surface area (Å²) in [6.45, 7) is 0.166. The number of rotatable bonds is 7. The summed E-state index contributed by atoms with van der Waals surface area (Å²) in [7, 11) is 1.61. The van der Waals surface area contributed by atoms with Crippen molar-refractivity contribution >= 4 is 28.7 Å². The molecule has 5 nitrogen and oxygen atoms in total. The topological polar surface area (TPSA) is 54.9 Å². The fourth-order valence-corrected chi connectivity index (χ4v) is 2.61. The van der Waals surface area contributed by atoms with Gasteiger partial charge in [0.2, 0.25) is 0 Å².